The van der Waals surface area contributed by atoms with Gasteiger partial charge in [0.15, 0.2) is 0 Å². The van der Waals surface area contributed by atoms with E-state index < -0.39 is 0 Å². The maximum atomic E-state index is 6.21. The van der Waals surface area contributed by atoms with Crippen LogP contribution < -0.4 is 5.73 Å². The van der Waals surface area contributed by atoms with Gasteiger partial charge in [-0.25, -0.2) is 0 Å². The molecule has 1 aliphatic heterocycles. The monoisotopic (exact) mass is 212 g/mol. The highest BCUT2D eigenvalue weighted by molar-refractivity contribution is 4.74. The Balaban J connectivity index is 2.27. The lowest BCUT2D eigenvalue weighted by Crippen LogP contribution is -2.42. The average molecular weight is 212 g/mol. The van der Waals surface area contributed by atoms with Gasteiger partial charge in [0.1, 0.15) is 0 Å². The Bertz CT molecular complexity index is 151. The molecule has 0 bridgehead atoms. The molecule has 1 heterocycles. The summed E-state index contributed by atoms with van der Waals surface area (Å²) in [6, 6.07) is 0.370. The Labute approximate surface area is 95.2 Å². The molecule has 0 saturated carbocycles. The van der Waals surface area contributed by atoms with Crippen molar-refractivity contribution in [3.63, 3.8) is 0 Å². The first-order chi connectivity index (χ1) is 7.24. The summed E-state index contributed by atoms with van der Waals surface area (Å²) >= 11 is 0. The molecular formula is C13H28N2. The van der Waals surface area contributed by atoms with Crippen molar-refractivity contribution in [1.29, 1.82) is 0 Å². The molecule has 90 valence electrons. The first kappa shape index (κ1) is 13.0. The normalized spacial score (nSPS) is 24.2. The summed E-state index contributed by atoms with van der Waals surface area (Å²) in [5.74, 6) is 0.662. The maximum Gasteiger partial charge on any atom is 0.0193 e. The predicted octanol–water partition coefficient (Wildman–Crippen LogP) is 2.63. The van der Waals surface area contributed by atoms with E-state index in [4.69, 9.17) is 5.73 Å². The molecule has 1 rings (SSSR count). The molecule has 0 aliphatic carbocycles. The molecule has 2 N–H and O–H groups in total. The lowest BCUT2D eigenvalue weighted by atomic mass is 9.99. The molecule has 1 saturated heterocycles. The van der Waals surface area contributed by atoms with Gasteiger partial charge in [-0.15, -0.1) is 0 Å². The molecule has 2 atom stereocenters. The van der Waals surface area contributed by atoms with Crippen LogP contribution in [-0.4, -0.2) is 30.6 Å². The van der Waals surface area contributed by atoms with Crippen molar-refractivity contribution in [3.8, 4) is 0 Å². The molecule has 0 aromatic carbocycles. The number of likely N-dealkylation sites (tertiary alicyclic amines) is 1. The Hall–Kier alpha value is -0.0800. The van der Waals surface area contributed by atoms with Crippen molar-refractivity contribution in [2.24, 2.45) is 11.7 Å². The van der Waals surface area contributed by atoms with Crippen molar-refractivity contribution in [2.45, 2.75) is 58.4 Å². The minimum absolute atomic E-state index is 0.370. The summed E-state index contributed by atoms with van der Waals surface area (Å²) in [4.78, 5) is 2.58. The highest BCUT2D eigenvalue weighted by Crippen LogP contribution is 2.13. The molecule has 0 spiro atoms. The third-order valence-corrected chi connectivity index (χ3v) is 3.79. The second-order valence-electron chi connectivity index (χ2n) is 5.12. The molecule has 0 aromatic heterocycles. The molecule has 15 heavy (non-hydrogen) atoms. The van der Waals surface area contributed by atoms with Crippen LogP contribution in [0.25, 0.3) is 0 Å². The summed E-state index contributed by atoms with van der Waals surface area (Å²) in [5, 5.41) is 0. The molecule has 0 radical (unpaired) electrons. The van der Waals surface area contributed by atoms with E-state index >= 15 is 0 Å². The van der Waals surface area contributed by atoms with Crippen LogP contribution in [0.3, 0.4) is 0 Å². The van der Waals surface area contributed by atoms with Gasteiger partial charge in [-0.05, 0) is 31.8 Å². The molecule has 1 aliphatic rings. The molecule has 2 nitrogen and oxygen atoms in total. The zero-order valence-corrected chi connectivity index (χ0v) is 10.5. The van der Waals surface area contributed by atoms with Crippen LogP contribution in [-0.2, 0) is 0 Å². The highest BCUT2D eigenvalue weighted by Gasteiger charge is 2.15. The van der Waals surface area contributed by atoms with E-state index in [0.29, 0.717) is 12.0 Å². The standard InChI is InChI=1S/C13H28N2/c1-3-12(2)13(14)11-15-9-7-5-4-6-8-10-15/h12-13H,3-11,14H2,1-2H3/t12-,13+/m1/s1. The largest absolute Gasteiger partial charge is 0.326 e. The highest BCUT2D eigenvalue weighted by atomic mass is 15.1. The van der Waals surface area contributed by atoms with E-state index in [1.54, 1.807) is 0 Å². The van der Waals surface area contributed by atoms with E-state index in [1.165, 1.54) is 51.6 Å². The first-order valence-electron chi connectivity index (χ1n) is 6.72. The van der Waals surface area contributed by atoms with Gasteiger partial charge in [0.05, 0.1) is 0 Å². The summed E-state index contributed by atoms with van der Waals surface area (Å²) in [5.41, 5.74) is 6.21. The van der Waals surface area contributed by atoms with Crippen LogP contribution >= 0.6 is 0 Å². The molecule has 1 fully saturated rings. The number of nitrogens with zero attached hydrogens (tertiary/aromatic N) is 1. The molecular weight excluding hydrogens is 184 g/mol. The Kier molecular flexibility index (Phi) is 6.26. The summed E-state index contributed by atoms with van der Waals surface area (Å²) in [6.07, 6.45) is 8.20. The van der Waals surface area contributed by atoms with Crippen LogP contribution in [0.2, 0.25) is 0 Å². The zero-order valence-electron chi connectivity index (χ0n) is 10.5. The number of hydrogen-bond donors (Lipinski definition) is 1. The van der Waals surface area contributed by atoms with Crippen molar-refractivity contribution in [3.05, 3.63) is 0 Å². The van der Waals surface area contributed by atoms with E-state index in [2.05, 4.69) is 18.7 Å². The molecule has 0 aromatic rings. The maximum absolute atomic E-state index is 6.21. The number of hydrogen-bond acceptors (Lipinski definition) is 2. The summed E-state index contributed by atoms with van der Waals surface area (Å²) in [6.45, 7) is 8.15. The van der Waals surface area contributed by atoms with Gasteiger partial charge in [0, 0.05) is 12.6 Å². The van der Waals surface area contributed by atoms with E-state index in [0.717, 1.165) is 6.54 Å². The average Bonchev–Trinajstić information content (AvgIpc) is 2.20. The van der Waals surface area contributed by atoms with E-state index in [9.17, 15) is 0 Å². The van der Waals surface area contributed by atoms with Gasteiger partial charge < -0.3 is 10.6 Å². The summed E-state index contributed by atoms with van der Waals surface area (Å²) in [7, 11) is 0. The molecule has 0 unspecified atom stereocenters. The number of rotatable bonds is 4. The Morgan fingerprint density at radius 3 is 2.13 bits per heavy atom. The van der Waals surface area contributed by atoms with Gasteiger partial charge in [-0.2, -0.15) is 0 Å². The van der Waals surface area contributed by atoms with Gasteiger partial charge in [-0.1, -0.05) is 39.5 Å². The Morgan fingerprint density at radius 1 is 1.07 bits per heavy atom. The zero-order chi connectivity index (χ0) is 11.1. The number of nitrogens with two attached hydrogens (primary N) is 1. The molecule has 0 amide bonds. The second kappa shape index (κ2) is 7.24. The summed E-state index contributed by atoms with van der Waals surface area (Å²) < 4.78 is 0. The van der Waals surface area contributed by atoms with Crippen LogP contribution in [0.15, 0.2) is 0 Å². The van der Waals surface area contributed by atoms with Gasteiger partial charge >= 0.3 is 0 Å². The first-order valence-corrected chi connectivity index (χ1v) is 6.72. The van der Waals surface area contributed by atoms with Crippen molar-refractivity contribution >= 4 is 0 Å². The lowest BCUT2D eigenvalue weighted by Gasteiger charge is -2.29. The van der Waals surface area contributed by atoms with Gasteiger partial charge in [0.25, 0.3) is 0 Å². The quantitative estimate of drug-likeness (QED) is 0.776. The van der Waals surface area contributed by atoms with Crippen molar-refractivity contribution in [1.82, 2.24) is 4.90 Å². The Morgan fingerprint density at radius 2 is 1.60 bits per heavy atom. The van der Waals surface area contributed by atoms with Crippen LogP contribution in [0.5, 0.6) is 0 Å². The fourth-order valence-electron chi connectivity index (χ4n) is 2.28. The minimum Gasteiger partial charge on any atom is -0.326 e. The smallest absolute Gasteiger partial charge is 0.0193 e. The van der Waals surface area contributed by atoms with Gasteiger partial charge in [0.2, 0.25) is 0 Å². The predicted molar refractivity (Wildman–Crippen MR) is 67.0 cm³/mol. The second-order valence-corrected chi connectivity index (χ2v) is 5.12. The third kappa shape index (κ3) is 4.98. The van der Waals surface area contributed by atoms with Crippen molar-refractivity contribution < 1.29 is 0 Å². The third-order valence-electron chi connectivity index (χ3n) is 3.79. The fourth-order valence-corrected chi connectivity index (χ4v) is 2.28. The van der Waals surface area contributed by atoms with Gasteiger partial charge in [-0.3, -0.25) is 0 Å². The fraction of sp³-hybridized carbons (Fsp3) is 1.00. The van der Waals surface area contributed by atoms with E-state index in [-0.39, 0.29) is 0 Å². The lowest BCUT2D eigenvalue weighted by molar-refractivity contribution is 0.214. The van der Waals surface area contributed by atoms with Crippen LogP contribution in [0.4, 0.5) is 0 Å². The van der Waals surface area contributed by atoms with Crippen molar-refractivity contribution in [2.75, 3.05) is 19.6 Å². The topological polar surface area (TPSA) is 29.3 Å². The van der Waals surface area contributed by atoms with Crippen LogP contribution in [0, 0.1) is 5.92 Å². The van der Waals surface area contributed by atoms with E-state index in [1.807, 2.05) is 0 Å². The van der Waals surface area contributed by atoms with Crippen LogP contribution in [0.1, 0.15) is 52.4 Å². The SMILES string of the molecule is CC[C@@H](C)[C@@H](N)CN1CCCCCCC1. The minimum atomic E-state index is 0.370. The molecule has 2 heteroatoms.